The molecule has 6 heteroatoms. The number of hydrogen-bond donors (Lipinski definition) is 4. The number of carbonyl (C=O) groups is 1. The maximum absolute atomic E-state index is 12.2. The molecule has 3 rings (SSSR count). The van der Waals surface area contributed by atoms with Gasteiger partial charge in [0.25, 0.3) is 0 Å². The van der Waals surface area contributed by atoms with Crippen LogP contribution in [0.25, 0.3) is 5.76 Å². The summed E-state index contributed by atoms with van der Waals surface area (Å²) in [4.78, 5) is 12.2. The minimum atomic E-state index is -1.88. The van der Waals surface area contributed by atoms with E-state index in [1.165, 1.54) is 0 Å². The van der Waals surface area contributed by atoms with Crippen LogP contribution in [-0.4, -0.2) is 50.8 Å². The highest BCUT2D eigenvalue weighted by Gasteiger charge is 2.54. The zero-order valence-electron chi connectivity index (χ0n) is 11.8. The molecule has 4 N–H and O–H groups in total. The number of allylic oxidation sites excluding steroid dienone is 1. The molecule has 4 unspecified atom stereocenters. The van der Waals surface area contributed by atoms with E-state index in [2.05, 4.69) is 0 Å². The highest BCUT2D eigenvalue weighted by Crippen LogP contribution is 2.37. The zero-order valence-corrected chi connectivity index (χ0v) is 11.8. The third kappa shape index (κ3) is 2.34. The molecule has 1 aromatic rings. The second-order valence-corrected chi connectivity index (χ2v) is 5.86. The molecule has 6 nitrogen and oxygen atoms in total. The Labute approximate surface area is 127 Å². The van der Waals surface area contributed by atoms with Crippen molar-refractivity contribution in [3.8, 4) is 0 Å². The number of hydrogen-bond acceptors (Lipinski definition) is 6. The van der Waals surface area contributed by atoms with Gasteiger partial charge in [0.15, 0.2) is 0 Å². The van der Waals surface area contributed by atoms with E-state index in [0.29, 0.717) is 12.2 Å². The number of aliphatic hydroxyl groups is 4. The normalized spacial score (nSPS) is 33.5. The second-order valence-electron chi connectivity index (χ2n) is 5.86. The van der Waals surface area contributed by atoms with Gasteiger partial charge in [-0.1, -0.05) is 24.3 Å². The quantitative estimate of drug-likeness (QED) is 0.566. The Morgan fingerprint density at radius 2 is 2.05 bits per heavy atom. The van der Waals surface area contributed by atoms with Crippen LogP contribution in [-0.2, 0) is 16.0 Å². The third-order valence-corrected chi connectivity index (χ3v) is 4.44. The maximum atomic E-state index is 12.2. The molecule has 118 valence electrons. The Hall–Kier alpha value is -1.73. The lowest BCUT2D eigenvalue weighted by molar-refractivity contribution is -0.145. The molecule has 0 spiro atoms. The second kappa shape index (κ2) is 5.48. The number of carbonyl (C=O) groups excluding carboxylic acids is 1. The van der Waals surface area contributed by atoms with Crippen LogP contribution >= 0.6 is 0 Å². The summed E-state index contributed by atoms with van der Waals surface area (Å²) in [5.41, 5.74) is -0.0177. The van der Waals surface area contributed by atoms with Crippen molar-refractivity contribution in [1.29, 1.82) is 0 Å². The van der Waals surface area contributed by atoms with Gasteiger partial charge in [-0.15, -0.1) is 0 Å². The molecular weight excluding hydrogens is 288 g/mol. The fourth-order valence-corrected chi connectivity index (χ4v) is 3.07. The standard InChI is InChI=1S/C16H18O6/c17-8-16(21)7-11(13(18)14(16)19)15(20)22-12-6-5-9-3-1-2-4-10(9)12/h1-4,6,11,13-14,17-19,21H,5,7-8H2. The van der Waals surface area contributed by atoms with Gasteiger partial charge in [-0.2, -0.15) is 0 Å². The number of rotatable bonds is 3. The molecule has 0 amide bonds. The summed E-state index contributed by atoms with van der Waals surface area (Å²) >= 11 is 0. The molecule has 0 saturated heterocycles. The van der Waals surface area contributed by atoms with Gasteiger partial charge in [-0.3, -0.25) is 4.79 Å². The Kier molecular flexibility index (Phi) is 3.78. The number of esters is 1. The van der Waals surface area contributed by atoms with Crippen molar-refractivity contribution in [3.63, 3.8) is 0 Å². The van der Waals surface area contributed by atoms with Crippen molar-refractivity contribution in [2.75, 3.05) is 6.61 Å². The average molecular weight is 306 g/mol. The lowest BCUT2D eigenvalue weighted by atomic mass is 10.0. The lowest BCUT2D eigenvalue weighted by Gasteiger charge is -2.24. The lowest BCUT2D eigenvalue weighted by Crippen LogP contribution is -2.45. The Morgan fingerprint density at radius 3 is 2.73 bits per heavy atom. The van der Waals surface area contributed by atoms with Crippen molar-refractivity contribution in [1.82, 2.24) is 0 Å². The summed E-state index contributed by atoms with van der Waals surface area (Å²) in [6, 6.07) is 7.51. The molecular formula is C16H18O6. The average Bonchev–Trinajstić information content (AvgIpc) is 3.03. The van der Waals surface area contributed by atoms with Crippen molar-refractivity contribution in [3.05, 3.63) is 41.5 Å². The van der Waals surface area contributed by atoms with Gasteiger partial charge in [-0.25, -0.2) is 0 Å². The van der Waals surface area contributed by atoms with Crippen LogP contribution in [0.3, 0.4) is 0 Å². The van der Waals surface area contributed by atoms with Gasteiger partial charge in [0, 0.05) is 5.56 Å². The predicted octanol–water partition coefficient (Wildman–Crippen LogP) is -0.408. The van der Waals surface area contributed by atoms with Gasteiger partial charge in [-0.05, 0) is 24.5 Å². The van der Waals surface area contributed by atoms with Crippen LogP contribution in [0.1, 0.15) is 17.5 Å². The van der Waals surface area contributed by atoms with E-state index < -0.39 is 36.3 Å². The molecule has 2 aliphatic carbocycles. The van der Waals surface area contributed by atoms with Gasteiger partial charge >= 0.3 is 5.97 Å². The van der Waals surface area contributed by atoms with E-state index >= 15 is 0 Å². The first-order valence-corrected chi connectivity index (χ1v) is 7.16. The van der Waals surface area contributed by atoms with Crippen LogP contribution in [0.2, 0.25) is 0 Å². The molecule has 0 heterocycles. The largest absolute Gasteiger partial charge is 0.426 e. The molecule has 0 aromatic heterocycles. The van der Waals surface area contributed by atoms with E-state index in [0.717, 1.165) is 11.1 Å². The number of benzene rings is 1. The van der Waals surface area contributed by atoms with Crippen molar-refractivity contribution >= 4 is 11.7 Å². The molecule has 22 heavy (non-hydrogen) atoms. The van der Waals surface area contributed by atoms with Crippen molar-refractivity contribution < 1.29 is 30.0 Å². The maximum Gasteiger partial charge on any atom is 0.317 e. The van der Waals surface area contributed by atoms with Crippen molar-refractivity contribution in [2.24, 2.45) is 5.92 Å². The van der Waals surface area contributed by atoms with Gasteiger partial charge < -0.3 is 25.2 Å². The molecule has 1 fully saturated rings. The van der Waals surface area contributed by atoms with Crippen LogP contribution in [0.15, 0.2) is 30.3 Å². The molecule has 0 bridgehead atoms. The van der Waals surface area contributed by atoms with Gasteiger partial charge in [0.1, 0.15) is 17.5 Å². The highest BCUT2D eigenvalue weighted by atomic mass is 16.5. The molecule has 0 aliphatic heterocycles. The first kappa shape index (κ1) is 15.2. The zero-order chi connectivity index (χ0) is 15.9. The SMILES string of the molecule is O=C(OC1=CCc2ccccc21)C1CC(O)(CO)C(O)C1O. The third-order valence-electron chi connectivity index (χ3n) is 4.44. The van der Waals surface area contributed by atoms with Gasteiger partial charge in [0.2, 0.25) is 0 Å². The van der Waals surface area contributed by atoms with E-state index in [9.17, 15) is 20.1 Å². The Balaban J connectivity index is 1.74. The Morgan fingerprint density at radius 1 is 1.32 bits per heavy atom. The topological polar surface area (TPSA) is 107 Å². The van der Waals surface area contributed by atoms with Crippen LogP contribution in [0.4, 0.5) is 0 Å². The summed E-state index contributed by atoms with van der Waals surface area (Å²) in [5, 5.41) is 38.8. The monoisotopic (exact) mass is 306 g/mol. The van der Waals surface area contributed by atoms with Gasteiger partial charge in [0.05, 0.1) is 18.6 Å². The molecule has 0 radical (unpaired) electrons. The number of fused-ring (bicyclic) bond motifs is 1. The van der Waals surface area contributed by atoms with Crippen LogP contribution < -0.4 is 0 Å². The predicted molar refractivity (Wildman–Crippen MR) is 76.4 cm³/mol. The smallest absolute Gasteiger partial charge is 0.317 e. The highest BCUT2D eigenvalue weighted by molar-refractivity contribution is 5.83. The van der Waals surface area contributed by atoms with Crippen LogP contribution in [0, 0.1) is 5.92 Å². The number of ether oxygens (including phenoxy) is 1. The minimum absolute atomic E-state index is 0.250. The summed E-state index contributed by atoms with van der Waals surface area (Å²) < 4.78 is 5.34. The van der Waals surface area contributed by atoms with E-state index in [1.54, 1.807) is 6.08 Å². The van der Waals surface area contributed by atoms with E-state index in [-0.39, 0.29) is 6.42 Å². The molecule has 4 atom stereocenters. The molecule has 1 aromatic carbocycles. The van der Waals surface area contributed by atoms with Crippen LogP contribution in [0.5, 0.6) is 0 Å². The molecule has 1 saturated carbocycles. The van der Waals surface area contributed by atoms with E-state index in [1.807, 2.05) is 24.3 Å². The summed E-state index contributed by atoms with van der Waals surface area (Å²) in [5.74, 6) is -1.39. The fourth-order valence-electron chi connectivity index (χ4n) is 3.07. The van der Waals surface area contributed by atoms with E-state index in [4.69, 9.17) is 9.84 Å². The minimum Gasteiger partial charge on any atom is -0.426 e. The van der Waals surface area contributed by atoms with Crippen molar-refractivity contribution in [2.45, 2.75) is 30.7 Å². The molecule has 2 aliphatic rings. The summed E-state index contributed by atoms with van der Waals surface area (Å²) in [7, 11) is 0. The first-order valence-electron chi connectivity index (χ1n) is 7.16. The summed E-state index contributed by atoms with van der Waals surface area (Å²) in [6.07, 6.45) is -0.866. The number of aliphatic hydroxyl groups excluding tert-OH is 3. The first-order chi connectivity index (χ1) is 10.5. The summed E-state index contributed by atoms with van der Waals surface area (Å²) in [6.45, 7) is -0.736. The Bertz CT molecular complexity index is 625. The fraction of sp³-hybridized carbons (Fsp3) is 0.438.